The lowest BCUT2D eigenvalue weighted by molar-refractivity contribution is 0.102. The Balaban J connectivity index is 1.74. The maximum atomic E-state index is 12.3. The number of hydrogen-bond donors (Lipinski definition) is 2. The molecule has 1 amide bonds. The van der Waals surface area contributed by atoms with Gasteiger partial charge in [0.1, 0.15) is 4.83 Å². The first-order chi connectivity index (χ1) is 11.6. The van der Waals surface area contributed by atoms with Crippen molar-refractivity contribution in [2.45, 2.75) is 6.92 Å². The fraction of sp³-hybridized carbons (Fsp3) is 0.0714. The number of aromatic amines is 1. The van der Waals surface area contributed by atoms with Crippen molar-refractivity contribution in [1.82, 2.24) is 30.4 Å². The quantitative estimate of drug-likeness (QED) is 0.585. The molecule has 8 nitrogen and oxygen atoms in total. The van der Waals surface area contributed by atoms with E-state index >= 15 is 0 Å². The molecule has 1 aromatic carbocycles. The number of nitrogens with zero attached hydrogens (tertiary/aromatic N) is 5. The maximum Gasteiger partial charge on any atom is 0.270 e. The van der Waals surface area contributed by atoms with E-state index in [9.17, 15) is 4.79 Å². The molecule has 0 saturated heterocycles. The first kappa shape index (κ1) is 14.8. The van der Waals surface area contributed by atoms with Crippen LogP contribution < -0.4 is 5.32 Å². The van der Waals surface area contributed by atoms with E-state index in [4.69, 9.17) is 11.6 Å². The smallest absolute Gasteiger partial charge is 0.270 e. The number of aromatic nitrogens is 6. The van der Waals surface area contributed by atoms with Gasteiger partial charge in [0.2, 0.25) is 0 Å². The minimum atomic E-state index is -0.292. The van der Waals surface area contributed by atoms with Gasteiger partial charge < -0.3 is 0 Å². The fourth-order valence-corrected chi connectivity index (χ4v) is 3.50. The van der Waals surface area contributed by atoms with Crippen LogP contribution in [-0.4, -0.2) is 36.3 Å². The predicted molar refractivity (Wildman–Crippen MR) is 90.8 cm³/mol. The summed E-state index contributed by atoms with van der Waals surface area (Å²) in [4.78, 5) is 13.7. The third kappa shape index (κ3) is 2.53. The minimum absolute atomic E-state index is 0.133. The molecule has 120 valence electrons. The summed E-state index contributed by atoms with van der Waals surface area (Å²) in [5.41, 5.74) is 1.72. The topological polar surface area (TPSA) is 101 Å². The number of thiophene rings is 1. The number of fused-ring (bicyclic) bond motifs is 1. The van der Waals surface area contributed by atoms with Gasteiger partial charge in [0.25, 0.3) is 11.9 Å². The standard InChI is InChI=1S/C14H10ClN7OS/c1-7-10-6-11(12(23)16-14-17-20-21-18-14)24-13(10)22(19-7)9-4-2-8(15)3-5-9/h2-6H,1H3,(H2,16,17,18,20,21,23). The van der Waals surface area contributed by atoms with E-state index < -0.39 is 0 Å². The number of amides is 1. The number of rotatable bonds is 3. The van der Waals surface area contributed by atoms with Crippen LogP contribution in [0.2, 0.25) is 5.02 Å². The van der Waals surface area contributed by atoms with Crippen LogP contribution in [0.4, 0.5) is 5.95 Å². The Morgan fingerprint density at radius 2 is 2.12 bits per heavy atom. The zero-order valence-corrected chi connectivity index (χ0v) is 13.9. The van der Waals surface area contributed by atoms with Crippen LogP contribution in [0.5, 0.6) is 0 Å². The second-order valence-corrected chi connectivity index (χ2v) is 6.46. The third-order valence-corrected chi connectivity index (χ3v) is 4.77. The lowest BCUT2D eigenvalue weighted by atomic mass is 10.3. The SMILES string of the molecule is Cc1nn(-c2ccc(Cl)cc2)c2sc(C(=O)Nc3nn[nH]n3)cc12. The van der Waals surface area contributed by atoms with Gasteiger partial charge in [0.05, 0.1) is 16.3 Å². The van der Waals surface area contributed by atoms with Crippen molar-refractivity contribution in [3.8, 4) is 5.69 Å². The number of hydrogen-bond acceptors (Lipinski definition) is 6. The van der Waals surface area contributed by atoms with Gasteiger partial charge in [0.15, 0.2) is 0 Å². The van der Waals surface area contributed by atoms with Crippen molar-refractivity contribution < 1.29 is 4.79 Å². The molecule has 0 radical (unpaired) electrons. The molecule has 0 bridgehead atoms. The summed E-state index contributed by atoms with van der Waals surface area (Å²) in [5, 5.41) is 21.8. The Kier molecular flexibility index (Phi) is 3.51. The number of anilines is 1. The van der Waals surface area contributed by atoms with Crippen molar-refractivity contribution in [3.63, 3.8) is 0 Å². The van der Waals surface area contributed by atoms with E-state index in [1.54, 1.807) is 16.8 Å². The van der Waals surface area contributed by atoms with Crippen molar-refractivity contribution in [3.05, 3.63) is 45.9 Å². The molecule has 4 aromatic rings. The first-order valence-corrected chi connectivity index (χ1v) is 8.11. The number of nitrogens with one attached hydrogen (secondary N) is 2. The van der Waals surface area contributed by atoms with Crippen molar-refractivity contribution in [2.75, 3.05) is 5.32 Å². The number of benzene rings is 1. The van der Waals surface area contributed by atoms with E-state index in [1.165, 1.54) is 11.3 Å². The van der Waals surface area contributed by atoms with Gasteiger partial charge in [-0.1, -0.05) is 16.7 Å². The van der Waals surface area contributed by atoms with Gasteiger partial charge in [-0.15, -0.1) is 16.4 Å². The number of aryl methyl sites for hydroxylation is 1. The van der Waals surface area contributed by atoms with E-state index in [0.29, 0.717) is 9.90 Å². The van der Waals surface area contributed by atoms with Gasteiger partial charge in [-0.05, 0) is 42.5 Å². The molecule has 0 aliphatic rings. The molecule has 0 aliphatic carbocycles. The molecular formula is C14H10ClN7OS. The summed E-state index contributed by atoms with van der Waals surface area (Å²) in [6, 6.07) is 9.18. The highest BCUT2D eigenvalue weighted by Gasteiger charge is 2.18. The number of halogens is 1. The average molecular weight is 360 g/mol. The molecule has 24 heavy (non-hydrogen) atoms. The van der Waals surface area contributed by atoms with Gasteiger partial charge in [-0.3, -0.25) is 10.1 Å². The summed E-state index contributed by atoms with van der Waals surface area (Å²) in [6.45, 7) is 1.91. The average Bonchev–Trinajstić information content (AvgIpc) is 3.27. The monoisotopic (exact) mass is 359 g/mol. The van der Waals surface area contributed by atoms with E-state index in [1.807, 2.05) is 25.1 Å². The summed E-state index contributed by atoms with van der Waals surface area (Å²) in [5.74, 6) is -0.159. The highest BCUT2D eigenvalue weighted by Crippen LogP contribution is 2.31. The normalized spacial score (nSPS) is 11.1. The number of tetrazole rings is 1. The molecule has 3 heterocycles. The van der Waals surface area contributed by atoms with Crippen molar-refractivity contribution >= 4 is 45.0 Å². The van der Waals surface area contributed by atoms with Crippen LogP contribution in [0.25, 0.3) is 15.9 Å². The molecule has 2 N–H and O–H groups in total. The summed E-state index contributed by atoms with van der Waals surface area (Å²) >= 11 is 7.28. The maximum absolute atomic E-state index is 12.3. The molecule has 3 aromatic heterocycles. The minimum Gasteiger partial charge on any atom is -0.287 e. The lowest BCUT2D eigenvalue weighted by Crippen LogP contribution is -2.11. The Labute approximate surface area is 144 Å². The summed E-state index contributed by atoms with van der Waals surface area (Å²) in [6.07, 6.45) is 0. The van der Waals surface area contributed by atoms with E-state index in [-0.39, 0.29) is 11.9 Å². The third-order valence-electron chi connectivity index (χ3n) is 3.41. The predicted octanol–water partition coefficient (Wildman–Crippen LogP) is 2.81. The highest BCUT2D eigenvalue weighted by molar-refractivity contribution is 7.20. The molecule has 0 fully saturated rings. The van der Waals surface area contributed by atoms with Gasteiger partial charge in [-0.25, -0.2) is 4.68 Å². The highest BCUT2D eigenvalue weighted by atomic mass is 35.5. The second kappa shape index (κ2) is 5.69. The van der Waals surface area contributed by atoms with E-state index in [0.717, 1.165) is 21.6 Å². The first-order valence-electron chi connectivity index (χ1n) is 6.92. The molecule has 0 atom stereocenters. The Hall–Kier alpha value is -2.78. The molecule has 0 unspecified atom stereocenters. The van der Waals surface area contributed by atoms with Gasteiger partial charge in [-0.2, -0.15) is 10.3 Å². The van der Waals surface area contributed by atoms with Crippen LogP contribution >= 0.6 is 22.9 Å². The lowest BCUT2D eigenvalue weighted by Gasteiger charge is -2.02. The largest absolute Gasteiger partial charge is 0.287 e. The number of carbonyl (C=O) groups excluding carboxylic acids is 1. The summed E-state index contributed by atoms with van der Waals surface area (Å²) in [7, 11) is 0. The Bertz CT molecular complexity index is 1020. The molecular weight excluding hydrogens is 350 g/mol. The van der Waals surface area contributed by atoms with Crippen LogP contribution in [0.3, 0.4) is 0 Å². The Morgan fingerprint density at radius 3 is 2.83 bits per heavy atom. The van der Waals surface area contributed by atoms with Crippen LogP contribution in [0, 0.1) is 6.92 Å². The van der Waals surface area contributed by atoms with Crippen molar-refractivity contribution in [1.29, 1.82) is 0 Å². The second-order valence-electron chi connectivity index (χ2n) is 4.99. The number of carbonyl (C=O) groups is 1. The number of H-pyrrole nitrogens is 1. The zero-order chi connectivity index (χ0) is 16.7. The molecule has 4 rings (SSSR count). The Morgan fingerprint density at radius 1 is 1.33 bits per heavy atom. The van der Waals surface area contributed by atoms with Crippen LogP contribution in [0.1, 0.15) is 15.4 Å². The van der Waals surface area contributed by atoms with Crippen LogP contribution in [0.15, 0.2) is 30.3 Å². The van der Waals surface area contributed by atoms with Crippen LogP contribution in [-0.2, 0) is 0 Å². The van der Waals surface area contributed by atoms with Gasteiger partial charge in [0, 0.05) is 10.4 Å². The van der Waals surface area contributed by atoms with Crippen molar-refractivity contribution in [2.24, 2.45) is 0 Å². The zero-order valence-electron chi connectivity index (χ0n) is 12.3. The summed E-state index contributed by atoms with van der Waals surface area (Å²) < 4.78 is 1.80. The molecule has 10 heteroatoms. The molecule has 0 aliphatic heterocycles. The fourth-order valence-electron chi connectivity index (χ4n) is 2.29. The molecule has 0 saturated carbocycles. The van der Waals surface area contributed by atoms with E-state index in [2.05, 4.69) is 31.0 Å². The van der Waals surface area contributed by atoms with Gasteiger partial charge >= 0.3 is 0 Å². The molecule has 0 spiro atoms.